The molecule has 1 atom stereocenters. The number of halogens is 5. The molecule has 27 heavy (non-hydrogen) atoms. The van der Waals surface area contributed by atoms with Crippen molar-refractivity contribution in [2.24, 2.45) is 5.92 Å². The smallest absolute Gasteiger partial charge is 0.206 e. The molecule has 1 unspecified atom stereocenters. The van der Waals surface area contributed by atoms with Gasteiger partial charge in [-0.3, -0.25) is 0 Å². The second-order valence-electron chi connectivity index (χ2n) is 6.57. The first kappa shape index (κ1) is 19.2. The lowest BCUT2D eigenvalue weighted by atomic mass is 9.83. The Morgan fingerprint density at radius 1 is 0.963 bits per heavy atom. The summed E-state index contributed by atoms with van der Waals surface area (Å²) in [5, 5.41) is 0. The number of rotatable bonds is 1. The largest absolute Gasteiger partial charge is 0.422 e. The zero-order valence-corrected chi connectivity index (χ0v) is 14.6. The molecule has 0 heterocycles. The minimum Gasteiger partial charge on any atom is -0.206 e. The molecule has 0 amide bonds. The number of aryl methyl sites for hydroxylation is 1. The Balaban J connectivity index is 1.85. The van der Waals surface area contributed by atoms with Crippen molar-refractivity contribution in [3.05, 3.63) is 81.9 Å². The third-order valence-corrected chi connectivity index (χ3v) is 4.61. The van der Waals surface area contributed by atoms with Crippen LogP contribution < -0.4 is 0 Å². The van der Waals surface area contributed by atoms with Gasteiger partial charge in [0.1, 0.15) is 17.2 Å². The zero-order valence-electron chi connectivity index (χ0n) is 14.6. The van der Waals surface area contributed by atoms with Gasteiger partial charge in [-0.25, -0.2) is 8.78 Å². The predicted molar refractivity (Wildman–Crippen MR) is 94.1 cm³/mol. The highest BCUT2D eigenvalue weighted by atomic mass is 19.4. The molecule has 1 aliphatic rings. The number of alkyl halides is 3. The molecule has 0 saturated heterocycles. The van der Waals surface area contributed by atoms with E-state index >= 15 is 0 Å². The second kappa shape index (κ2) is 7.56. The molecule has 5 heteroatoms. The summed E-state index contributed by atoms with van der Waals surface area (Å²) in [5.74, 6) is 2.54. The van der Waals surface area contributed by atoms with Crippen LogP contribution in [0.15, 0.2) is 42.5 Å². The first-order valence-electron chi connectivity index (χ1n) is 8.61. The van der Waals surface area contributed by atoms with Gasteiger partial charge in [0.2, 0.25) is 0 Å². The average Bonchev–Trinajstić information content (AvgIpc) is 2.58. The Morgan fingerprint density at radius 2 is 1.63 bits per heavy atom. The molecule has 2 aromatic rings. The van der Waals surface area contributed by atoms with Crippen molar-refractivity contribution in [3.63, 3.8) is 0 Å². The van der Waals surface area contributed by atoms with Gasteiger partial charge in [-0.1, -0.05) is 30.1 Å². The van der Waals surface area contributed by atoms with Crippen LogP contribution in [0, 0.1) is 29.4 Å². The average molecular weight is 376 g/mol. The fourth-order valence-corrected chi connectivity index (χ4v) is 3.36. The topological polar surface area (TPSA) is 0 Å². The Labute approximate surface area is 154 Å². The molecule has 0 spiro atoms. The summed E-state index contributed by atoms with van der Waals surface area (Å²) in [6.07, 6.45) is 2.10. The highest BCUT2D eigenvalue weighted by molar-refractivity contribution is 5.47. The molecule has 0 saturated carbocycles. The van der Waals surface area contributed by atoms with Crippen LogP contribution in [0.2, 0.25) is 0 Å². The number of allylic oxidation sites excluding steroid dienone is 2. The van der Waals surface area contributed by atoms with Gasteiger partial charge >= 0.3 is 6.18 Å². The fraction of sp³-hybridized carbons (Fsp3) is 0.273. The zero-order chi connectivity index (χ0) is 19.6. The summed E-state index contributed by atoms with van der Waals surface area (Å²) in [6, 6.07) is 6.96. The highest BCUT2D eigenvalue weighted by Gasteiger charge is 2.37. The van der Waals surface area contributed by atoms with Crippen LogP contribution >= 0.6 is 0 Å². The molecule has 0 aliphatic heterocycles. The van der Waals surface area contributed by atoms with Gasteiger partial charge in [0.25, 0.3) is 0 Å². The molecule has 0 bridgehead atoms. The first-order chi connectivity index (χ1) is 12.8. The minimum absolute atomic E-state index is 0.135. The summed E-state index contributed by atoms with van der Waals surface area (Å²) < 4.78 is 65.1. The SMILES string of the molecule is C/C=C/C1CCc2cc(C#Cc3cc(F)c(C(F)(F)F)c(F)c3)ccc2C1. The normalized spacial score (nSPS) is 16.7. The summed E-state index contributed by atoms with van der Waals surface area (Å²) in [7, 11) is 0. The minimum atomic E-state index is -5.08. The Bertz CT molecular complexity index is 918. The van der Waals surface area contributed by atoms with Crippen LogP contribution in [0.25, 0.3) is 0 Å². The molecule has 0 N–H and O–H groups in total. The number of hydrogen-bond donors (Lipinski definition) is 0. The monoisotopic (exact) mass is 376 g/mol. The van der Waals surface area contributed by atoms with Crippen LogP contribution in [0.3, 0.4) is 0 Å². The Kier molecular flexibility index (Phi) is 5.36. The maximum absolute atomic E-state index is 13.6. The van der Waals surface area contributed by atoms with Crippen molar-refractivity contribution in [1.29, 1.82) is 0 Å². The van der Waals surface area contributed by atoms with E-state index in [-0.39, 0.29) is 5.56 Å². The Hall–Kier alpha value is -2.61. The van der Waals surface area contributed by atoms with E-state index in [9.17, 15) is 22.0 Å². The van der Waals surface area contributed by atoms with E-state index in [0.29, 0.717) is 23.6 Å². The highest BCUT2D eigenvalue weighted by Crippen LogP contribution is 2.34. The molecule has 3 rings (SSSR count). The van der Waals surface area contributed by atoms with E-state index < -0.39 is 23.4 Å². The summed E-state index contributed by atoms with van der Waals surface area (Å²) in [4.78, 5) is 0. The maximum atomic E-state index is 13.6. The quantitative estimate of drug-likeness (QED) is 0.322. The van der Waals surface area contributed by atoms with Crippen LogP contribution in [0.1, 0.15) is 41.2 Å². The van der Waals surface area contributed by atoms with E-state index in [1.54, 1.807) is 0 Å². The molecule has 0 aromatic heterocycles. The summed E-state index contributed by atoms with van der Waals surface area (Å²) >= 11 is 0. The summed E-state index contributed by atoms with van der Waals surface area (Å²) in [5.41, 5.74) is 1.08. The van der Waals surface area contributed by atoms with Gasteiger partial charge in [0, 0.05) is 11.1 Å². The van der Waals surface area contributed by atoms with Crippen LogP contribution in [0.4, 0.5) is 22.0 Å². The lowest BCUT2D eigenvalue weighted by Gasteiger charge is -2.22. The van der Waals surface area contributed by atoms with Gasteiger partial charge in [-0.15, -0.1) is 0 Å². The van der Waals surface area contributed by atoms with Crippen LogP contribution in [-0.4, -0.2) is 0 Å². The van der Waals surface area contributed by atoms with E-state index in [4.69, 9.17) is 0 Å². The van der Waals surface area contributed by atoms with Gasteiger partial charge in [-0.2, -0.15) is 13.2 Å². The van der Waals surface area contributed by atoms with E-state index in [1.165, 1.54) is 11.1 Å². The van der Waals surface area contributed by atoms with Crippen molar-refractivity contribution in [2.75, 3.05) is 0 Å². The van der Waals surface area contributed by atoms with E-state index in [2.05, 4.69) is 24.0 Å². The Morgan fingerprint density at radius 3 is 2.26 bits per heavy atom. The lowest BCUT2D eigenvalue weighted by Crippen LogP contribution is -2.12. The second-order valence-corrected chi connectivity index (χ2v) is 6.57. The molecule has 1 aliphatic carbocycles. The van der Waals surface area contributed by atoms with Crippen molar-refractivity contribution in [1.82, 2.24) is 0 Å². The molecular weight excluding hydrogens is 359 g/mol. The van der Waals surface area contributed by atoms with Crippen LogP contribution in [-0.2, 0) is 19.0 Å². The van der Waals surface area contributed by atoms with E-state index in [0.717, 1.165) is 19.3 Å². The predicted octanol–water partition coefficient (Wildman–Crippen LogP) is 6.06. The van der Waals surface area contributed by atoms with Crippen LogP contribution in [0.5, 0.6) is 0 Å². The van der Waals surface area contributed by atoms with Gasteiger partial charge in [0.15, 0.2) is 0 Å². The van der Waals surface area contributed by atoms with Crippen molar-refractivity contribution in [2.45, 2.75) is 32.4 Å². The first-order valence-corrected chi connectivity index (χ1v) is 8.61. The standard InChI is InChI=1S/C22H17F5/c1-2-3-14-6-8-18-11-15(7-9-17(18)10-14)4-5-16-12-19(23)21(20(24)13-16)22(25,26)27/h2-3,7,9,11-14H,6,8,10H2,1H3/b3-2+. The fourth-order valence-electron chi connectivity index (χ4n) is 3.36. The van der Waals surface area contributed by atoms with Crippen molar-refractivity contribution >= 4 is 0 Å². The van der Waals surface area contributed by atoms with Crippen molar-refractivity contribution < 1.29 is 22.0 Å². The maximum Gasteiger partial charge on any atom is 0.422 e. The molecular formula is C22H17F5. The third-order valence-electron chi connectivity index (χ3n) is 4.61. The lowest BCUT2D eigenvalue weighted by molar-refractivity contribution is -0.142. The van der Waals surface area contributed by atoms with Crippen molar-refractivity contribution in [3.8, 4) is 11.8 Å². The number of hydrogen-bond acceptors (Lipinski definition) is 0. The van der Waals surface area contributed by atoms with Gasteiger partial charge < -0.3 is 0 Å². The van der Waals surface area contributed by atoms with Gasteiger partial charge in [-0.05, 0) is 67.5 Å². The number of fused-ring (bicyclic) bond motifs is 1. The van der Waals surface area contributed by atoms with E-state index in [1.807, 2.05) is 25.1 Å². The molecule has 140 valence electrons. The molecule has 0 nitrogen and oxygen atoms in total. The van der Waals surface area contributed by atoms with Gasteiger partial charge in [0.05, 0.1) is 0 Å². The summed E-state index contributed by atoms with van der Waals surface area (Å²) in [6.45, 7) is 2.00. The molecule has 0 radical (unpaired) electrons. The molecule has 0 fully saturated rings. The third kappa shape index (κ3) is 4.39. The molecule has 2 aromatic carbocycles. The number of benzene rings is 2.